The van der Waals surface area contributed by atoms with E-state index in [0.717, 1.165) is 33.4 Å². The zero-order valence-electron chi connectivity index (χ0n) is 22.1. The van der Waals surface area contributed by atoms with Crippen LogP contribution in [0.4, 0.5) is 0 Å². The molecule has 1 atom stereocenters. The largest absolute Gasteiger partial charge is 0.488 e. The van der Waals surface area contributed by atoms with Gasteiger partial charge >= 0.3 is 5.97 Å². The zero-order chi connectivity index (χ0) is 28.8. The minimum atomic E-state index is -1.14. The van der Waals surface area contributed by atoms with Crippen LogP contribution in [0.5, 0.6) is 11.5 Å². The number of carbonyl (C=O) groups excluding carboxylic acids is 1. The quantitative estimate of drug-likeness (QED) is 0.162. The van der Waals surface area contributed by atoms with E-state index in [1.54, 1.807) is 30.5 Å². The van der Waals surface area contributed by atoms with Crippen molar-refractivity contribution in [2.45, 2.75) is 26.1 Å². The van der Waals surface area contributed by atoms with Crippen LogP contribution in [0, 0.1) is 6.92 Å². The topological polar surface area (TPSA) is 102 Å². The Hall–Kier alpha value is -4.41. The van der Waals surface area contributed by atoms with E-state index in [1.165, 1.54) is 6.39 Å². The SMILES string of the molecule is Cc1cccc(CC(Oc2ccc(C=C3SC(=S)N(CC(=O)O)C3=O)c(OCc3ccccc3)c2)c2cocn2)c1. The lowest BCUT2D eigenvalue weighted by Crippen LogP contribution is -2.33. The predicted octanol–water partition coefficient (Wildman–Crippen LogP) is 6.21. The summed E-state index contributed by atoms with van der Waals surface area (Å²) in [5, 5.41) is 9.16. The Morgan fingerprint density at radius 2 is 1.93 bits per heavy atom. The summed E-state index contributed by atoms with van der Waals surface area (Å²) in [6.45, 7) is 1.84. The molecule has 0 saturated carbocycles. The fourth-order valence-electron chi connectivity index (χ4n) is 4.29. The first-order chi connectivity index (χ1) is 19.9. The first kappa shape index (κ1) is 28.1. The molecule has 0 aliphatic carbocycles. The Morgan fingerprint density at radius 3 is 2.66 bits per heavy atom. The van der Waals surface area contributed by atoms with Crippen LogP contribution in [-0.4, -0.2) is 37.7 Å². The molecule has 5 rings (SSSR count). The summed E-state index contributed by atoms with van der Waals surface area (Å²) in [7, 11) is 0. The number of oxazole rings is 1. The van der Waals surface area contributed by atoms with E-state index in [-0.39, 0.29) is 4.32 Å². The van der Waals surface area contributed by atoms with Gasteiger partial charge in [0.2, 0.25) is 0 Å². The number of amides is 1. The summed E-state index contributed by atoms with van der Waals surface area (Å²) in [5.41, 5.74) is 4.50. The zero-order valence-corrected chi connectivity index (χ0v) is 23.7. The number of carboxylic acid groups (broad SMARTS) is 1. The summed E-state index contributed by atoms with van der Waals surface area (Å²) < 4.78 is 18.1. The highest BCUT2D eigenvalue weighted by atomic mass is 32.2. The molecule has 8 nitrogen and oxygen atoms in total. The molecule has 1 aliphatic heterocycles. The lowest BCUT2D eigenvalue weighted by atomic mass is 10.0. The fourth-order valence-corrected chi connectivity index (χ4v) is 5.53. The maximum absolute atomic E-state index is 12.9. The van der Waals surface area contributed by atoms with E-state index in [0.29, 0.717) is 40.7 Å². The van der Waals surface area contributed by atoms with Gasteiger partial charge in [-0.1, -0.05) is 84.1 Å². The van der Waals surface area contributed by atoms with Crippen molar-refractivity contribution in [1.29, 1.82) is 0 Å². The molecule has 1 unspecified atom stereocenters. The van der Waals surface area contributed by atoms with Crippen LogP contribution in [0.1, 0.15) is 34.1 Å². The number of carboxylic acids is 1. The Labute approximate surface area is 246 Å². The van der Waals surface area contributed by atoms with Crippen molar-refractivity contribution in [3.05, 3.63) is 118 Å². The minimum absolute atomic E-state index is 0.196. The van der Waals surface area contributed by atoms with Crippen molar-refractivity contribution >= 4 is 46.3 Å². The number of nitrogens with zero attached hydrogens (tertiary/aromatic N) is 2. The number of aryl methyl sites for hydroxylation is 1. The molecule has 3 aromatic carbocycles. The third-order valence-electron chi connectivity index (χ3n) is 6.24. The Bertz CT molecular complexity index is 1590. The van der Waals surface area contributed by atoms with Crippen LogP contribution in [0.25, 0.3) is 6.08 Å². The lowest BCUT2D eigenvalue weighted by molar-refractivity contribution is -0.140. The second-order valence-corrected chi connectivity index (χ2v) is 11.0. The van der Waals surface area contributed by atoms with Crippen LogP contribution < -0.4 is 9.47 Å². The third kappa shape index (κ3) is 7.22. The first-order valence-electron chi connectivity index (χ1n) is 12.7. The minimum Gasteiger partial charge on any atom is -0.488 e. The average molecular weight is 587 g/mol. The molecular weight excluding hydrogens is 560 g/mol. The second-order valence-electron chi connectivity index (χ2n) is 9.35. The van der Waals surface area contributed by atoms with E-state index in [9.17, 15) is 9.59 Å². The van der Waals surface area contributed by atoms with Gasteiger partial charge in [-0.15, -0.1) is 0 Å². The molecule has 1 saturated heterocycles. The maximum atomic E-state index is 12.9. The number of ether oxygens (including phenoxy) is 2. The van der Waals surface area contributed by atoms with Gasteiger partial charge in [0.25, 0.3) is 5.91 Å². The maximum Gasteiger partial charge on any atom is 0.323 e. The van der Waals surface area contributed by atoms with Crippen LogP contribution in [0.15, 0.2) is 94.8 Å². The van der Waals surface area contributed by atoms with Gasteiger partial charge in [0.05, 0.1) is 4.91 Å². The molecule has 41 heavy (non-hydrogen) atoms. The van der Waals surface area contributed by atoms with E-state index in [2.05, 4.69) is 11.1 Å². The van der Waals surface area contributed by atoms with Crippen molar-refractivity contribution in [3.63, 3.8) is 0 Å². The van der Waals surface area contributed by atoms with Crippen molar-refractivity contribution in [1.82, 2.24) is 9.88 Å². The molecule has 1 aliphatic rings. The summed E-state index contributed by atoms with van der Waals surface area (Å²) in [4.78, 5) is 29.8. The van der Waals surface area contributed by atoms with Crippen LogP contribution >= 0.6 is 24.0 Å². The molecule has 10 heteroatoms. The van der Waals surface area contributed by atoms with Gasteiger partial charge < -0.3 is 19.0 Å². The summed E-state index contributed by atoms with van der Waals surface area (Å²) in [5.74, 6) is -0.558. The molecule has 1 aromatic heterocycles. The van der Waals surface area contributed by atoms with Crippen LogP contribution in [-0.2, 0) is 22.6 Å². The highest BCUT2D eigenvalue weighted by Crippen LogP contribution is 2.36. The number of thiocarbonyl (C=S) groups is 1. The van der Waals surface area contributed by atoms with Crippen molar-refractivity contribution in [2.24, 2.45) is 0 Å². The van der Waals surface area contributed by atoms with Crippen molar-refractivity contribution in [3.8, 4) is 11.5 Å². The standard InChI is InChI=1S/C31H26N2O6S2/c1-20-6-5-9-22(12-20)13-27(25-18-37-19-32-25)39-24-11-10-23(26(15-24)38-17-21-7-3-2-4-8-21)14-28-30(36)33(16-29(34)35)31(40)41-28/h2-12,14-15,18-19,27H,13,16-17H2,1H3,(H,34,35). The molecule has 4 aromatic rings. The molecule has 1 fully saturated rings. The van der Waals surface area contributed by atoms with E-state index in [1.807, 2.05) is 55.5 Å². The fraction of sp³-hybridized carbons (Fsp3) is 0.161. The van der Waals surface area contributed by atoms with Gasteiger partial charge in [-0.05, 0) is 36.3 Å². The lowest BCUT2D eigenvalue weighted by Gasteiger charge is -2.19. The van der Waals surface area contributed by atoms with Gasteiger partial charge in [-0.2, -0.15) is 0 Å². The van der Waals surface area contributed by atoms with Crippen LogP contribution in [0.2, 0.25) is 0 Å². The number of hydrogen-bond donors (Lipinski definition) is 1. The summed E-state index contributed by atoms with van der Waals surface area (Å²) in [6.07, 6.45) is 4.76. The predicted molar refractivity (Wildman–Crippen MR) is 159 cm³/mol. The number of hydrogen-bond acceptors (Lipinski definition) is 8. The highest BCUT2D eigenvalue weighted by Gasteiger charge is 2.33. The number of aromatic nitrogens is 1. The number of benzene rings is 3. The van der Waals surface area contributed by atoms with Crippen molar-refractivity contribution in [2.75, 3.05) is 6.54 Å². The number of rotatable bonds is 11. The van der Waals surface area contributed by atoms with E-state index < -0.39 is 24.5 Å². The molecular formula is C31H26N2O6S2. The Balaban J connectivity index is 1.45. The Morgan fingerprint density at radius 1 is 1.12 bits per heavy atom. The van der Waals surface area contributed by atoms with E-state index >= 15 is 0 Å². The smallest absolute Gasteiger partial charge is 0.323 e. The monoisotopic (exact) mass is 586 g/mol. The number of carbonyl (C=O) groups is 2. The van der Waals surface area contributed by atoms with Gasteiger partial charge in [0.1, 0.15) is 47.0 Å². The van der Waals surface area contributed by atoms with Gasteiger partial charge in [-0.25, -0.2) is 4.98 Å². The second kappa shape index (κ2) is 12.8. The summed E-state index contributed by atoms with van der Waals surface area (Å²) in [6, 6.07) is 23.3. The first-order valence-corrected chi connectivity index (χ1v) is 14.0. The van der Waals surface area contributed by atoms with Gasteiger partial charge in [0.15, 0.2) is 6.39 Å². The van der Waals surface area contributed by atoms with Gasteiger partial charge in [0, 0.05) is 18.1 Å². The molecule has 0 spiro atoms. The van der Waals surface area contributed by atoms with Crippen LogP contribution in [0.3, 0.4) is 0 Å². The van der Waals surface area contributed by atoms with Crippen molar-refractivity contribution < 1.29 is 28.6 Å². The Kier molecular flexibility index (Phi) is 8.81. The number of thioether (sulfide) groups is 1. The molecule has 1 N–H and O–H groups in total. The van der Waals surface area contributed by atoms with E-state index in [4.69, 9.17) is 31.2 Å². The third-order valence-corrected chi connectivity index (χ3v) is 7.62. The molecule has 2 heterocycles. The molecule has 208 valence electrons. The molecule has 1 amide bonds. The summed E-state index contributed by atoms with van der Waals surface area (Å²) >= 11 is 6.30. The average Bonchev–Trinajstić information content (AvgIpc) is 3.58. The molecule has 0 bridgehead atoms. The van der Waals surface area contributed by atoms with Gasteiger partial charge in [-0.3, -0.25) is 14.5 Å². The highest BCUT2D eigenvalue weighted by molar-refractivity contribution is 8.26. The normalized spacial score (nSPS) is 14.9. The molecule has 0 radical (unpaired) electrons. The number of aliphatic carboxylic acids is 1.